The van der Waals surface area contributed by atoms with Crippen LogP contribution in [0.4, 0.5) is 10.1 Å². The van der Waals surface area contributed by atoms with Gasteiger partial charge in [0.15, 0.2) is 10.5 Å². The third-order valence-corrected chi connectivity index (χ3v) is 7.26. The topological polar surface area (TPSA) is 44.2 Å². The van der Waals surface area contributed by atoms with Crippen molar-refractivity contribution in [1.82, 2.24) is 13.9 Å². The monoisotopic (exact) mass is 548 g/mol. The van der Waals surface area contributed by atoms with Crippen molar-refractivity contribution in [3.05, 3.63) is 121 Å². The highest BCUT2D eigenvalue weighted by molar-refractivity contribution is 9.10. The quantitative estimate of drug-likeness (QED) is 0.258. The Morgan fingerprint density at radius 2 is 1.74 bits per heavy atom. The van der Waals surface area contributed by atoms with Crippen LogP contribution in [0.15, 0.2) is 98.5 Å². The summed E-state index contributed by atoms with van der Waals surface area (Å²) in [6.45, 7) is 2.38. The lowest BCUT2D eigenvalue weighted by Gasteiger charge is -2.10. The first-order chi connectivity index (χ1) is 16.9. The number of aromatic nitrogens is 3. The van der Waals surface area contributed by atoms with E-state index in [9.17, 15) is 9.18 Å². The number of para-hydroxylation sites is 1. The fraction of sp³-hybridized carbons (Fsp3) is 0.111. The van der Waals surface area contributed by atoms with Gasteiger partial charge in [-0.25, -0.2) is 14.1 Å². The van der Waals surface area contributed by atoms with Gasteiger partial charge in [-0.15, -0.1) is 11.3 Å². The Kier molecular flexibility index (Phi) is 6.40. The van der Waals surface area contributed by atoms with E-state index >= 15 is 0 Å². The molecule has 0 aliphatic rings. The number of nitrogens with zero attached hydrogens (tertiary/aromatic N) is 4. The first-order valence-electron chi connectivity index (χ1n) is 11.0. The minimum atomic E-state index is -0.275. The third kappa shape index (κ3) is 4.59. The van der Waals surface area contributed by atoms with Gasteiger partial charge in [-0.05, 0) is 48.9 Å². The molecule has 0 unspecified atom stereocenters. The van der Waals surface area contributed by atoms with Crippen LogP contribution in [-0.2, 0) is 13.6 Å². The molecule has 0 N–H and O–H groups in total. The molecule has 2 heterocycles. The number of hydrogen-bond acceptors (Lipinski definition) is 3. The highest BCUT2D eigenvalue weighted by atomic mass is 79.9. The molecule has 0 aliphatic heterocycles. The van der Waals surface area contributed by atoms with E-state index in [-0.39, 0.29) is 11.4 Å². The molecule has 0 spiro atoms. The van der Waals surface area contributed by atoms with E-state index in [1.807, 2.05) is 78.6 Å². The summed E-state index contributed by atoms with van der Waals surface area (Å²) in [5.41, 5.74) is 4.69. The van der Waals surface area contributed by atoms with Crippen LogP contribution in [0.25, 0.3) is 16.9 Å². The van der Waals surface area contributed by atoms with Gasteiger partial charge in [0.05, 0.1) is 23.6 Å². The molecule has 176 valence electrons. The molecule has 5 aromatic rings. The van der Waals surface area contributed by atoms with E-state index in [2.05, 4.69) is 20.5 Å². The Hall–Kier alpha value is -3.49. The maximum atomic E-state index is 13.5. The Morgan fingerprint density at radius 3 is 2.46 bits per heavy atom. The largest absolute Gasteiger partial charge is 0.312 e. The summed E-state index contributed by atoms with van der Waals surface area (Å²) < 4.78 is 20.0. The summed E-state index contributed by atoms with van der Waals surface area (Å²) in [4.78, 5) is 19.0. The minimum absolute atomic E-state index is 0.179. The maximum absolute atomic E-state index is 13.5. The van der Waals surface area contributed by atoms with Crippen LogP contribution in [0.1, 0.15) is 11.3 Å². The fourth-order valence-electron chi connectivity index (χ4n) is 4.00. The van der Waals surface area contributed by atoms with E-state index < -0.39 is 0 Å². The van der Waals surface area contributed by atoms with Crippen molar-refractivity contribution in [3.8, 4) is 16.9 Å². The smallest absolute Gasteiger partial charge is 0.297 e. The van der Waals surface area contributed by atoms with Gasteiger partial charge in [0.2, 0.25) is 0 Å². The van der Waals surface area contributed by atoms with Crippen molar-refractivity contribution in [2.75, 3.05) is 0 Å². The van der Waals surface area contributed by atoms with Gasteiger partial charge in [0.25, 0.3) is 5.56 Å². The molecule has 0 aliphatic carbocycles. The molecule has 0 fully saturated rings. The Labute approximate surface area is 214 Å². The summed E-state index contributed by atoms with van der Waals surface area (Å²) in [5, 5.41) is 2.04. The normalized spacial score (nSPS) is 11.8. The highest BCUT2D eigenvalue weighted by Crippen LogP contribution is 2.25. The number of hydrogen-bond donors (Lipinski definition) is 0. The van der Waals surface area contributed by atoms with Gasteiger partial charge in [0, 0.05) is 22.5 Å². The van der Waals surface area contributed by atoms with Gasteiger partial charge in [-0.2, -0.15) is 0 Å². The lowest BCUT2D eigenvalue weighted by Crippen LogP contribution is -2.20. The molecule has 8 heteroatoms. The van der Waals surface area contributed by atoms with Crippen molar-refractivity contribution >= 4 is 33.0 Å². The molecule has 0 saturated heterocycles. The standard InChI is InChI=1S/C27H22BrFN4OS/c1-18-25(26(34)33(31(18)2)23-9-4-3-5-10-23)30-27-32(16-19-11-13-22(29)14-12-19)24(17-35-27)20-7-6-8-21(28)15-20/h3-15,17H,16H2,1-2H3. The van der Waals surface area contributed by atoms with Crippen LogP contribution in [0.5, 0.6) is 0 Å². The summed E-state index contributed by atoms with van der Waals surface area (Å²) in [6.07, 6.45) is 0. The van der Waals surface area contributed by atoms with Crippen LogP contribution < -0.4 is 10.4 Å². The zero-order valence-electron chi connectivity index (χ0n) is 19.2. The summed E-state index contributed by atoms with van der Waals surface area (Å²) in [7, 11) is 1.86. The second-order valence-corrected chi connectivity index (χ2v) is 9.90. The SMILES string of the molecule is Cc1c(N=c2scc(-c3cccc(Br)c3)n2Cc2ccc(F)cc2)c(=O)n(-c2ccccc2)n1C. The van der Waals surface area contributed by atoms with Crippen LogP contribution in [0, 0.1) is 12.7 Å². The summed E-state index contributed by atoms with van der Waals surface area (Å²) >= 11 is 5.03. The number of halogens is 2. The Balaban J connectivity index is 1.70. The predicted octanol–water partition coefficient (Wildman–Crippen LogP) is 6.20. The first-order valence-corrected chi connectivity index (χ1v) is 12.7. The minimum Gasteiger partial charge on any atom is -0.312 e. The Bertz CT molecular complexity index is 1630. The van der Waals surface area contributed by atoms with E-state index in [0.29, 0.717) is 17.0 Å². The molecular weight excluding hydrogens is 527 g/mol. The van der Waals surface area contributed by atoms with Gasteiger partial charge in [-0.3, -0.25) is 9.48 Å². The predicted molar refractivity (Wildman–Crippen MR) is 142 cm³/mol. The first kappa shape index (κ1) is 23.3. The van der Waals surface area contributed by atoms with Gasteiger partial charge in [0.1, 0.15) is 5.82 Å². The van der Waals surface area contributed by atoms with Gasteiger partial charge >= 0.3 is 0 Å². The lowest BCUT2D eigenvalue weighted by molar-refractivity contribution is 0.626. The average Bonchev–Trinajstić information content (AvgIpc) is 3.34. The van der Waals surface area contributed by atoms with E-state index in [4.69, 9.17) is 4.99 Å². The molecule has 5 rings (SSSR count). The molecular formula is C27H22BrFN4OS. The van der Waals surface area contributed by atoms with Crippen molar-refractivity contribution in [3.63, 3.8) is 0 Å². The molecule has 0 saturated carbocycles. The van der Waals surface area contributed by atoms with Crippen molar-refractivity contribution in [2.24, 2.45) is 12.0 Å². The van der Waals surface area contributed by atoms with Gasteiger partial charge in [-0.1, -0.05) is 58.4 Å². The van der Waals surface area contributed by atoms with Crippen LogP contribution in [0.3, 0.4) is 0 Å². The van der Waals surface area contributed by atoms with E-state index in [1.165, 1.54) is 23.5 Å². The highest BCUT2D eigenvalue weighted by Gasteiger charge is 2.17. The lowest BCUT2D eigenvalue weighted by atomic mass is 10.1. The molecule has 0 atom stereocenters. The maximum Gasteiger partial charge on any atom is 0.297 e. The molecule has 35 heavy (non-hydrogen) atoms. The summed E-state index contributed by atoms with van der Waals surface area (Å²) in [5.74, 6) is -0.275. The number of benzene rings is 3. The van der Waals surface area contributed by atoms with Crippen molar-refractivity contribution < 1.29 is 4.39 Å². The zero-order valence-corrected chi connectivity index (χ0v) is 21.6. The molecule has 3 aromatic carbocycles. The zero-order chi connectivity index (χ0) is 24.5. The molecule has 2 aromatic heterocycles. The fourth-order valence-corrected chi connectivity index (χ4v) is 5.31. The molecule has 5 nitrogen and oxygen atoms in total. The second-order valence-electron chi connectivity index (χ2n) is 8.15. The Morgan fingerprint density at radius 1 is 1.00 bits per heavy atom. The molecule has 0 bridgehead atoms. The average molecular weight is 549 g/mol. The van der Waals surface area contributed by atoms with Crippen LogP contribution >= 0.6 is 27.3 Å². The number of thiazole rings is 1. The van der Waals surface area contributed by atoms with Crippen molar-refractivity contribution in [1.29, 1.82) is 0 Å². The van der Waals surface area contributed by atoms with E-state index in [1.54, 1.807) is 16.8 Å². The molecule has 0 amide bonds. The van der Waals surface area contributed by atoms with E-state index in [0.717, 1.165) is 32.7 Å². The molecule has 0 radical (unpaired) electrons. The van der Waals surface area contributed by atoms with Crippen LogP contribution in [0.2, 0.25) is 0 Å². The van der Waals surface area contributed by atoms with Crippen LogP contribution in [-0.4, -0.2) is 13.9 Å². The second kappa shape index (κ2) is 9.64. The third-order valence-electron chi connectivity index (χ3n) is 5.90. The van der Waals surface area contributed by atoms with Gasteiger partial charge < -0.3 is 4.57 Å². The number of rotatable bonds is 5. The van der Waals surface area contributed by atoms with Crippen molar-refractivity contribution in [2.45, 2.75) is 13.5 Å². The summed E-state index contributed by atoms with van der Waals surface area (Å²) in [6, 6.07) is 24.0.